The number of nitrogens with zero attached hydrogens (tertiary/aromatic N) is 3. The summed E-state index contributed by atoms with van der Waals surface area (Å²) in [6.07, 6.45) is 1.35. The first-order chi connectivity index (χ1) is 6.81. The molecule has 0 saturated heterocycles. The van der Waals surface area contributed by atoms with Crippen molar-refractivity contribution in [2.75, 3.05) is 0 Å². The maximum Gasteiger partial charge on any atom is 0.155 e. The van der Waals surface area contributed by atoms with Crippen molar-refractivity contribution >= 4 is 0 Å². The minimum absolute atomic E-state index is 0.00102. The van der Waals surface area contributed by atoms with Crippen LogP contribution in [0.2, 0.25) is 0 Å². The Kier molecular flexibility index (Phi) is 1.95. The van der Waals surface area contributed by atoms with Gasteiger partial charge in [-0.25, -0.2) is 9.37 Å². The van der Waals surface area contributed by atoms with Gasteiger partial charge in [0.15, 0.2) is 5.82 Å². The van der Waals surface area contributed by atoms with E-state index in [0.717, 1.165) is 0 Å². The average molecular weight is 188 g/mol. The molecule has 0 radical (unpaired) electrons. The van der Waals surface area contributed by atoms with Crippen molar-refractivity contribution in [3.63, 3.8) is 0 Å². The minimum Gasteiger partial charge on any atom is -0.259 e. The highest BCUT2D eigenvalue weighted by molar-refractivity contribution is 5.57. The molecule has 1 aromatic heterocycles. The van der Waals surface area contributed by atoms with E-state index < -0.39 is 5.82 Å². The third-order valence-electron chi connectivity index (χ3n) is 1.78. The van der Waals surface area contributed by atoms with Crippen LogP contribution >= 0.6 is 0 Å². The summed E-state index contributed by atoms with van der Waals surface area (Å²) in [6.45, 7) is 0. The SMILES string of the molecule is N#Cc1cc(-c2ncn[nH]2)ccc1F. The van der Waals surface area contributed by atoms with Gasteiger partial charge in [0, 0.05) is 5.56 Å². The summed E-state index contributed by atoms with van der Waals surface area (Å²) in [5.74, 6) is -0.0164. The van der Waals surface area contributed by atoms with Gasteiger partial charge in [-0.2, -0.15) is 10.4 Å². The van der Waals surface area contributed by atoms with Crippen molar-refractivity contribution in [3.05, 3.63) is 35.9 Å². The second-order valence-corrected chi connectivity index (χ2v) is 2.64. The molecule has 4 nitrogen and oxygen atoms in total. The molecule has 0 saturated carbocycles. The molecule has 0 bridgehead atoms. The first-order valence-corrected chi connectivity index (χ1v) is 3.86. The molecule has 2 aromatic rings. The standard InChI is InChI=1S/C9H5FN4/c10-8-2-1-6(3-7(8)4-11)9-12-5-13-14-9/h1-3,5H,(H,12,13,14). The molecule has 0 atom stereocenters. The van der Waals surface area contributed by atoms with Crippen LogP contribution in [0.3, 0.4) is 0 Å². The number of halogens is 1. The molecule has 1 heterocycles. The number of nitrogens with one attached hydrogen (secondary N) is 1. The van der Waals surface area contributed by atoms with Gasteiger partial charge in [0.25, 0.3) is 0 Å². The molecular weight excluding hydrogens is 183 g/mol. The van der Waals surface area contributed by atoms with Gasteiger partial charge in [0.1, 0.15) is 18.2 Å². The van der Waals surface area contributed by atoms with E-state index in [4.69, 9.17) is 5.26 Å². The highest BCUT2D eigenvalue weighted by Gasteiger charge is 2.05. The number of rotatable bonds is 1. The van der Waals surface area contributed by atoms with Gasteiger partial charge >= 0.3 is 0 Å². The molecule has 0 aliphatic heterocycles. The van der Waals surface area contributed by atoms with Gasteiger partial charge in [-0.05, 0) is 18.2 Å². The summed E-state index contributed by atoms with van der Waals surface area (Å²) < 4.78 is 12.9. The Bertz CT molecular complexity index is 484. The van der Waals surface area contributed by atoms with E-state index in [1.807, 2.05) is 0 Å². The molecule has 14 heavy (non-hydrogen) atoms. The summed E-state index contributed by atoms with van der Waals surface area (Å²) in [5, 5.41) is 14.9. The van der Waals surface area contributed by atoms with Crippen LogP contribution in [0.4, 0.5) is 4.39 Å². The fourth-order valence-electron chi connectivity index (χ4n) is 1.10. The van der Waals surface area contributed by atoms with Gasteiger partial charge in [-0.15, -0.1) is 0 Å². The van der Waals surface area contributed by atoms with E-state index in [1.165, 1.54) is 24.5 Å². The summed E-state index contributed by atoms with van der Waals surface area (Å²) in [5.41, 5.74) is 0.638. The first-order valence-electron chi connectivity index (χ1n) is 3.86. The molecule has 0 aliphatic rings. The first kappa shape index (κ1) is 8.38. The van der Waals surface area contributed by atoms with Crippen LogP contribution in [0.25, 0.3) is 11.4 Å². The van der Waals surface area contributed by atoms with Gasteiger partial charge in [-0.3, -0.25) is 5.10 Å². The van der Waals surface area contributed by atoms with Crippen molar-refractivity contribution in [2.24, 2.45) is 0 Å². The van der Waals surface area contributed by atoms with Crippen LogP contribution in [0.1, 0.15) is 5.56 Å². The molecule has 0 fully saturated rings. The van der Waals surface area contributed by atoms with E-state index in [2.05, 4.69) is 15.2 Å². The summed E-state index contributed by atoms with van der Waals surface area (Å²) >= 11 is 0. The maximum atomic E-state index is 12.9. The topological polar surface area (TPSA) is 65.4 Å². The second kappa shape index (κ2) is 3.26. The zero-order valence-corrected chi connectivity index (χ0v) is 7.03. The van der Waals surface area contributed by atoms with Gasteiger partial charge in [-0.1, -0.05) is 0 Å². The maximum absolute atomic E-state index is 12.9. The molecule has 1 N–H and O–H groups in total. The highest BCUT2D eigenvalue weighted by atomic mass is 19.1. The zero-order valence-electron chi connectivity index (χ0n) is 7.03. The number of nitriles is 1. The number of hydrogen-bond donors (Lipinski definition) is 1. The molecule has 0 aliphatic carbocycles. The summed E-state index contributed by atoms with van der Waals surface area (Å²) in [7, 11) is 0. The second-order valence-electron chi connectivity index (χ2n) is 2.64. The smallest absolute Gasteiger partial charge is 0.155 e. The minimum atomic E-state index is -0.532. The molecule has 2 rings (SSSR count). The lowest BCUT2D eigenvalue weighted by Crippen LogP contribution is -1.86. The normalized spacial score (nSPS) is 9.71. The average Bonchev–Trinajstić information content (AvgIpc) is 2.71. The predicted molar refractivity (Wildman–Crippen MR) is 46.5 cm³/mol. The molecule has 0 unspecified atom stereocenters. The Morgan fingerprint density at radius 3 is 2.93 bits per heavy atom. The fraction of sp³-hybridized carbons (Fsp3) is 0. The van der Waals surface area contributed by atoms with Crippen LogP contribution in [0.15, 0.2) is 24.5 Å². The molecule has 0 amide bonds. The zero-order chi connectivity index (χ0) is 9.97. The largest absolute Gasteiger partial charge is 0.259 e. The Morgan fingerprint density at radius 2 is 2.29 bits per heavy atom. The quantitative estimate of drug-likeness (QED) is 0.737. The van der Waals surface area contributed by atoms with Crippen molar-refractivity contribution < 1.29 is 4.39 Å². The van der Waals surface area contributed by atoms with Crippen molar-refractivity contribution in [2.45, 2.75) is 0 Å². The van der Waals surface area contributed by atoms with Crippen LogP contribution < -0.4 is 0 Å². The van der Waals surface area contributed by atoms with Crippen LogP contribution in [-0.4, -0.2) is 15.2 Å². The molecule has 68 valence electrons. The Balaban J connectivity index is 2.53. The fourth-order valence-corrected chi connectivity index (χ4v) is 1.10. The van der Waals surface area contributed by atoms with E-state index in [1.54, 1.807) is 6.07 Å². The van der Waals surface area contributed by atoms with Gasteiger partial charge in [0.2, 0.25) is 0 Å². The van der Waals surface area contributed by atoms with Gasteiger partial charge < -0.3 is 0 Å². The number of hydrogen-bond acceptors (Lipinski definition) is 3. The Labute approximate surface area is 79.0 Å². The van der Waals surface area contributed by atoms with Crippen molar-refractivity contribution in [3.8, 4) is 17.5 Å². The Morgan fingerprint density at radius 1 is 1.43 bits per heavy atom. The van der Waals surface area contributed by atoms with Crippen LogP contribution in [-0.2, 0) is 0 Å². The number of aromatic nitrogens is 3. The van der Waals surface area contributed by atoms with E-state index >= 15 is 0 Å². The third kappa shape index (κ3) is 1.33. The van der Waals surface area contributed by atoms with Crippen molar-refractivity contribution in [1.29, 1.82) is 5.26 Å². The van der Waals surface area contributed by atoms with E-state index in [0.29, 0.717) is 11.4 Å². The van der Waals surface area contributed by atoms with Gasteiger partial charge in [0.05, 0.1) is 5.56 Å². The third-order valence-corrected chi connectivity index (χ3v) is 1.78. The van der Waals surface area contributed by atoms with E-state index in [-0.39, 0.29) is 5.56 Å². The molecule has 0 spiro atoms. The lowest BCUT2D eigenvalue weighted by molar-refractivity contribution is 0.624. The summed E-state index contributed by atoms with van der Waals surface area (Å²) in [6, 6.07) is 5.96. The van der Waals surface area contributed by atoms with Crippen LogP contribution in [0.5, 0.6) is 0 Å². The van der Waals surface area contributed by atoms with E-state index in [9.17, 15) is 4.39 Å². The summed E-state index contributed by atoms with van der Waals surface area (Å²) in [4.78, 5) is 3.89. The molecule has 5 heteroatoms. The lowest BCUT2D eigenvalue weighted by atomic mass is 10.1. The number of benzene rings is 1. The highest BCUT2D eigenvalue weighted by Crippen LogP contribution is 2.17. The predicted octanol–water partition coefficient (Wildman–Crippen LogP) is 1.48. The lowest BCUT2D eigenvalue weighted by Gasteiger charge is -1.97. The Hall–Kier alpha value is -2.22. The van der Waals surface area contributed by atoms with Crippen molar-refractivity contribution in [1.82, 2.24) is 15.2 Å². The molecular formula is C9H5FN4. The van der Waals surface area contributed by atoms with Crippen LogP contribution in [0, 0.1) is 17.1 Å². The number of H-pyrrole nitrogens is 1. The molecule has 1 aromatic carbocycles. The monoisotopic (exact) mass is 188 g/mol. The number of aromatic amines is 1.